The number of nitrogens with two attached hydrogens (primary N) is 1. The van der Waals surface area contributed by atoms with Crippen LogP contribution in [0.4, 0.5) is 5.69 Å². The summed E-state index contributed by atoms with van der Waals surface area (Å²) in [5, 5.41) is 0. The lowest BCUT2D eigenvalue weighted by Gasteiger charge is -2.34. The first-order valence-electron chi connectivity index (χ1n) is 4.86. The third kappa shape index (κ3) is 1.54. The van der Waals surface area contributed by atoms with Crippen molar-refractivity contribution in [3.8, 4) is 0 Å². The summed E-state index contributed by atoms with van der Waals surface area (Å²) < 4.78 is 0. The average Bonchev–Trinajstić information content (AvgIpc) is 2.05. The molecule has 1 aromatic rings. The summed E-state index contributed by atoms with van der Waals surface area (Å²) in [6.45, 7) is 5.22. The smallest absolute Gasteiger partial charge is 0.0396 e. The Morgan fingerprint density at radius 3 is 2.62 bits per heavy atom. The lowest BCUT2D eigenvalue weighted by molar-refractivity contribution is 0.616. The van der Waals surface area contributed by atoms with Gasteiger partial charge in [0.15, 0.2) is 0 Å². The van der Waals surface area contributed by atoms with Crippen molar-refractivity contribution >= 4 is 5.69 Å². The molecule has 2 heteroatoms. The molecular weight excluding hydrogens is 160 g/mol. The number of rotatable bonds is 2. The Bertz CT molecular complexity index is 303. The van der Waals surface area contributed by atoms with Gasteiger partial charge in [-0.15, -0.1) is 0 Å². The second kappa shape index (κ2) is 3.38. The van der Waals surface area contributed by atoms with E-state index in [1.165, 1.54) is 36.3 Å². The number of hydrogen-bond acceptors (Lipinski definition) is 2. The molecule has 0 saturated carbocycles. The van der Waals surface area contributed by atoms with Crippen LogP contribution in [0.1, 0.15) is 17.5 Å². The Hall–Kier alpha value is -1.02. The highest BCUT2D eigenvalue weighted by molar-refractivity contribution is 5.55. The van der Waals surface area contributed by atoms with E-state index in [0.29, 0.717) is 6.54 Å². The number of benzene rings is 1. The van der Waals surface area contributed by atoms with Crippen LogP contribution in [0, 0.1) is 6.92 Å². The molecular formula is C11H16N2. The molecule has 1 heterocycles. The second-order valence-corrected chi connectivity index (χ2v) is 3.67. The van der Waals surface area contributed by atoms with Crippen LogP contribution in [0.5, 0.6) is 0 Å². The van der Waals surface area contributed by atoms with Crippen molar-refractivity contribution in [1.29, 1.82) is 0 Å². The van der Waals surface area contributed by atoms with Gasteiger partial charge >= 0.3 is 0 Å². The highest BCUT2D eigenvalue weighted by atomic mass is 15.2. The van der Waals surface area contributed by atoms with E-state index in [9.17, 15) is 0 Å². The fourth-order valence-corrected chi connectivity index (χ4v) is 1.76. The van der Waals surface area contributed by atoms with Crippen molar-refractivity contribution in [2.45, 2.75) is 19.9 Å². The van der Waals surface area contributed by atoms with Gasteiger partial charge in [0.05, 0.1) is 0 Å². The van der Waals surface area contributed by atoms with Crippen LogP contribution in [0.15, 0.2) is 18.2 Å². The fourth-order valence-electron chi connectivity index (χ4n) is 1.76. The summed E-state index contributed by atoms with van der Waals surface area (Å²) in [6, 6.07) is 6.50. The maximum absolute atomic E-state index is 5.58. The minimum absolute atomic E-state index is 0.640. The molecule has 2 N–H and O–H groups in total. The summed E-state index contributed by atoms with van der Waals surface area (Å²) >= 11 is 0. The van der Waals surface area contributed by atoms with Crippen molar-refractivity contribution < 1.29 is 0 Å². The number of anilines is 1. The monoisotopic (exact) mass is 176 g/mol. The largest absolute Gasteiger partial charge is 0.371 e. The van der Waals surface area contributed by atoms with E-state index in [1.54, 1.807) is 0 Å². The minimum Gasteiger partial charge on any atom is -0.371 e. The molecule has 1 aromatic carbocycles. The van der Waals surface area contributed by atoms with Crippen LogP contribution < -0.4 is 10.6 Å². The lowest BCUT2D eigenvalue weighted by atomic mass is 10.1. The van der Waals surface area contributed by atoms with E-state index in [2.05, 4.69) is 30.0 Å². The molecule has 0 radical (unpaired) electrons. The zero-order valence-electron chi connectivity index (χ0n) is 8.09. The highest BCUT2D eigenvalue weighted by Gasteiger charge is 2.15. The predicted molar refractivity (Wildman–Crippen MR) is 55.9 cm³/mol. The molecule has 2 rings (SSSR count). The molecule has 1 aliphatic heterocycles. The molecule has 0 aliphatic carbocycles. The maximum atomic E-state index is 5.58. The van der Waals surface area contributed by atoms with Crippen LogP contribution in [0.25, 0.3) is 0 Å². The molecule has 70 valence electrons. The van der Waals surface area contributed by atoms with Crippen LogP contribution in [0.2, 0.25) is 0 Å². The van der Waals surface area contributed by atoms with E-state index in [0.717, 1.165) is 0 Å². The third-order valence-corrected chi connectivity index (χ3v) is 2.69. The fraction of sp³-hybridized carbons (Fsp3) is 0.455. The molecule has 0 amide bonds. The Morgan fingerprint density at radius 2 is 2.15 bits per heavy atom. The first-order chi connectivity index (χ1) is 6.31. The van der Waals surface area contributed by atoms with E-state index < -0.39 is 0 Å². The maximum Gasteiger partial charge on any atom is 0.0396 e. The van der Waals surface area contributed by atoms with Gasteiger partial charge in [0.25, 0.3) is 0 Å². The topological polar surface area (TPSA) is 29.3 Å². The van der Waals surface area contributed by atoms with Crippen molar-refractivity contribution in [2.75, 3.05) is 18.0 Å². The Balaban J connectivity index is 2.26. The van der Waals surface area contributed by atoms with E-state index in [-0.39, 0.29) is 0 Å². The Morgan fingerprint density at radius 1 is 1.38 bits per heavy atom. The number of aryl methyl sites for hydroxylation is 1. The van der Waals surface area contributed by atoms with Gasteiger partial charge in [0.2, 0.25) is 0 Å². The number of nitrogens with zero attached hydrogens (tertiary/aromatic N) is 1. The molecule has 0 aromatic heterocycles. The van der Waals surface area contributed by atoms with Crippen LogP contribution in [0.3, 0.4) is 0 Å². The lowest BCUT2D eigenvalue weighted by Crippen LogP contribution is -2.37. The van der Waals surface area contributed by atoms with Crippen LogP contribution >= 0.6 is 0 Å². The van der Waals surface area contributed by atoms with E-state index in [4.69, 9.17) is 5.73 Å². The van der Waals surface area contributed by atoms with E-state index in [1.807, 2.05) is 0 Å². The zero-order valence-corrected chi connectivity index (χ0v) is 8.09. The third-order valence-electron chi connectivity index (χ3n) is 2.69. The predicted octanol–water partition coefficient (Wildman–Crippen LogP) is 1.66. The van der Waals surface area contributed by atoms with Gasteiger partial charge in [0.1, 0.15) is 0 Å². The molecule has 1 aliphatic rings. The van der Waals surface area contributed by atoms with Gasteiger partial charge < -0.3 is 10.6 Å². The van der Waals surface area contributed by atoms with Gasteiger partial charge in [-0.1, -0.05) is 12.1 Å². The molecule has 2 nitrogen and oxygen atoms in total. The molecule has 1 saturated heterocycles. The van der Waals surface area contributed by atoms with Crippen molar-refractivity contribution in [3.05, 3.63) is 29.3 Å². The number of hydrogen-bond donors (Lipinski definition) is 1. The normalized spacial score (nSPS) is 15.7. The van der Waals surface area contributed by atoms with Crippen molar-refractivity contribution in [1.82, 2.24) is 0 Å². The van der Waals surface area contributed by atoms with Crippen molar-refractivity contribution in [3.63, 3.8) is 0 Å². The standard InChI is InChI=1S/C11H16N2/c1-9-7-10(8-12)3-4-11(9)13-5-2-6-13/h3-4,7H,2,5-6,8,12H2,1H3. The molecule has 0 spiro atoms. The first-order valence-corrected chi connectivity index (χ1v) is 4.86. The quantitative estimate of drug-likeness (QED) is 0.742. The minimum atomic E-state index is 0.640. The second-order valence-electron chi connectivity index (χ2n) is 3.67. The molecule has 13 heavy (non-hydrogen) atoms. The summed E-state index contributed by atoms with van der Waals surface area (Å²) in [6.07, 6.45) is 1.33. The van der Waals surface area contributed by atoms with Gasteiger partial charge in [-0.25, -0.2) is 0 Å². The zero-order chi connectivity index (χ0) is 9.26. The molecule has 0 atom stereocenters. The summed E-state index contributed by atoms with van der Waals surface area (Å²) in [7, 11) is 0. The Kier molecular flexibility index (Phi) is 2.23. The molecule has 0 unspecified atom stereocenters. The van der Waals surface area contributed by atoms with Crippen molar-refractivity contribution in [2.24, 2.45) is 5.73 Å². The van der Waals surface area contributed by atoms with Gasteiger partial charge in [-0.3, -0.25) is 0 Å². The first kappa shape index (κ1) is 8.57. The van der Waals surface area contributed by atoms with Crippen LogP contribution in [-0.4, -0.2) is 13.1 Å². The summed E-state index contributed by atoms with van der Waals surface area (Å²) in [5.41, 5.74) is 9.53. The SMILES string of the molecule is Cc1cc(CN)ccc1N1CCC1. The van der Waals surface area contributed by atoms with Gasteiger partial charge in [-0.2, -0.15) is 0 Å². The average molecular weight is 176 g/mol. The molecule has 0 bridgehead atoms. The van der Waals surface area contributed by atoms with Crippen LogP contribution in [-0.2, 0) is 6.54 Å². The van der Waals surface area contributed by atoms with Gasteiger partial charge in [-0.05, 0) is 30.5 Å². The highest BCUT2D eigenvalue weighted by Crippen LogP contribution is 2.25. The Labute approximate surface area is 79.4 Å². The van der Waals surface area contributed by atoms with Gasteiger partial charge in [0, 0.05) is 25.3 Å². The molecule has 1 fully saturated rings. The summed E-state index contributed by atoms with van der Waals surface area (Å²) in [4.78, 5) is 2.41. The summed E-state index contributed by atoms with van der Waals surface area (Å²) in [5.74, 6) is 0. The van der Waals surface area contributed by atoms with E-state index >= 15 is 0 Å².